The van der Waals surface area contributed by atoms with Gasteiger partial charge in [0.2, 0.25) is 17.7 Å². The Hall–Kier alpha value is -2.98. The number of nitrogens with zero attached hydrogens (tertiary/aromatic N) is 2. The first kappa shape index (κ1) is 38.0. The fourth-order valence-corrected chi connectivity index (χ4v) is 5.34. The predicted molar refractivity (Wildman–Crippen MR) is 167 cm³/mol. The number of carboxylic acid groups (broad SMARTS) is 1. The molecule has 0 fully saturated rings. The zero-order chi connectivity index (χ0) is 32.7. The van der Waals surface area contributed by atoms with Gasteiger partial charge in [0.1, 0.15) is 12.3 Å². The molecule has 43 heavy (non-hydrogen) atoms. The predicted octanol–water partition coefficient (Wildman–Crippen LogP) is 4.36. The van der Waals surface area contributed by atoms with Gasteiger partial charge in [-0.2, -0.15) is 0 Å². The second-order valence-electron chi connectivity index (χ2n) is 11.9. The zero-order valence-electron chi connectivity index (χ0n) is 27.7. The molecule has 0 aliphatic rings. The number of ether oxygens (including phenoxy) is 2. The Kier molecular flexibility index (Phi) is 17.1. The van der Waals surface area contributed by atoms with Crippen LogP contribution in [0.15, 0.2) is 30.3 Å². The maximum absolute atomic E-state index is 13.9. The molecular formula is C33H55N3O7. The Morgan fingerprint density at radius 3 is 2.05 bits per heavy atom. The van der Waals surface area contributed by atoms with Crippen molar-refractivity contribution in [3.8, 4) is 0 Å². The molecule has 2 N–H and O–H groups in total. The third kappa shape index (κ3) is 11.9. The van der Waals surface area contributed by atoms with Gasteiger partial charge in [-0.15, -0.1) is 0 Å². The molecule has 10 heteroatoms. The summed E-state index contributed by atoms with van der Waals surface area (Å²) in [5.41, 5.74) is 0.782. The molecule has 0 aromatic heterocycles. The normalized spacial score (nSPS) is 15.6. The van der Waals surface area contributed by atoms with Crippen LogP contribution in [0.25, 0.3) is 0 Å². The molecule has 244 valence electrons. The average Bonchev–Trinajstić information content (AvgIpc) is 2.97. The summed E-state index contributed by atoms with van der Waals surface area (Å²) in [6.07, 6.45) is 1.31. The van der Waals surface area contributed by atoms with Crippen LogP contribution in [0.1, 0.15) is 79.2 Å². The van der Waals surface area contributed by atoms with Crippen LogP contribution < -0.4 is 5.32 Å². The zero-order valence-corrected chi connectivity index (χ0v) is 27.7. The Labute approximate surface area is 258 Å². The van der Waals surface area contributed by atoms with Crippen LogP contribution in [-0.4, -0.2) is 90.8 Å². The smallest absolute Gasteiger partial charge is 0.326 e. The summed E-state index contributed by atoms with van der Waals surface area (Å²) in [6.45, 7) is 12.1. The highest BCUT2D eigenvalue weighted by Gasteiger charge is 2.38. The lowest BCUT2D eigenvalue weighted by atomic mass is 9.90. The maximum atomic E-state index is 13.9. The Balaban J connectivity index is 3.22. The number of amides is 3. The molecule has 0 saturated carbocycles. The number of hydrogen-bond donors (Lipinski definition) is 2. The van der Waals surface area contributed by atoms with E-state index in [4.69, 9.17) is 9.47 Å². The van der Waals surface area contributed by atoms with Gasteiger partial charge in [0.15, 0.2) is 0 Å². The van der Waals surface area contributed by atoms with Crippen molar-refractivity contribution in [2.45, 2.75) is 104 Å². The van der Waals surface area contributed by atoms with Gasteiger partial charge < -0.3 is 29.7 Å². The number of rotatable bonds is 20. The Morgan fingerprint density at radius 1 is 0.930 bits per heavy atom. The fourth-order valence-electron chi connectivity index (χ4n) is 5.34. The Bertz CT molecular complexity index is 1000. The van der Waals surface area contributed by atoms with Crippen molar-refractivity contribution >= 4 is 23.7 Å². The van der Waals surface area contributed by atoms with Crippen LogP contribution in [0.5, 0.6) is 0 Å². The van der Waals surface area contributed by atoms with E-state index in [9.17, 15) is 24.3 Å². The monoisotopic (exact) mass is 605 g/mol. The van der Waals surface area contributed by atoms with E-state index in [2.05, 4.69) is 5.32 Å². The number of aliphatic carboxylic acids is 1. The minimum Gasteiger partial charge on any atom is -0.480 e. The molecule has 0 aliphatic heterocycles. The van der Waals surface area contributed by atoms with Crippen LogP contribution in [0.3, 0.4) is 0 Å². The summed E-state index contributed by atoms with van der Waals surface area (Å²) in [5, 5.41) is 12.4. The highest BCUT2D eigenvalue weighted by molar-refractivity contribution is 5.86. The molecule has 1 rings (SSSR count). The number of hydrogen-bond acceptors (Lipinski definition) is 6. The minimum atomic E-state index is -1.15. The highest BCUT2D eigenvalue weighted by atomic mass is 16.5. The first-order valence-electron chi connectivity index (χ1n) is 15.5. The van der Waals surface area contributed by atoms with Gasteiger partial charge in [-0.1, -0.05) is 77.8 Å². The molecule has 6 unspecified atom stereocenters. The largest absolute Gasteiger partial charge is 0.480 e. The summed E-state index contributed by atoms with van der Waals surface area (Å²) >= 11 is 0. The second kappa shape index (κ2) is 19.3. The van der Waals surface area contributed by atoms with Crippen molar-refractivity contribution in [1.82, 2.24) is 15.1 Å². The van der Waals surface area contributed by atoms with Gasteiger partial charge >= 0.3 is 5.97 Å². The third-order valence-electron chi connectivity index (χ3n) is 8.07. The summed E-state index contributed by atoms with van der Waals surface area (Å²) in [5.74, 6) is -2.52. The van der Waals surface area contributed by atoms with Gasteiger partial charge in [0.05, 0.1) is 24.5 Å². The van der Waals surface area contributed by atoms with E-state index < -0.39 is 36.2 Å². The van der Waals surface area contributed by atoms with Crippen LogP contribution in [-0.2, 0) is 35.1 Å². The summed E-state index contributed by atoms with van der Waals surface area (Å²) in [4.78, 5) is 55.6. The molecule has 0 radical (unpaired) electrons. The van der Waals surface area contributed by atoms with Crippen LogP contribution in [0, 0.1) is 17.8 Å². The van der Waals surface area contributed by atoms with Gasteiger partial charge in [-0.3, -0.25) is 14.4 Å². The maximum Gasteiger partial charge on any atom is 0.326 e. The van der Waals surface area contributed by atoms with E-state index in [1.165, 1.54) is 7.11 Å². The molecule has 0 aliphatic carbocycles. The number of nitrogens with one attached hydrogen (secondary N) is 1. The van der Waals surface area contributed by atoms with Crippen molar-refractivity contribution in [2.24, 2.45) is 17.8 Å². The number of benzene rings is 1. The van der Waals surface area contributed by atoms with E-state index in [0.717, 1.165) is 18.4 Å². The number of carboxylic acids is 1. The molecule has 10 nitrogen and oxygen atoms in total. The number of likely N-dealkylation sites (N-methyl/N-ethyl adjacent to an activating group) is 1. The molecule has 0 saturated heterocycles. The summed E-state index contributed by atoms with van der Waals surface area (Å²) < 4.78 is 11.6. The van der Waals surface area contributed by atoms with Crippen molar-refractivity contribution in [1.29, 1.82) is 0 Å². The fraction of sp³-hybridized carbons (Fsp3) is 0.697. The van der Waals surface area contributed by atoms with E-state index in [0.29, 0.717) is 19.4 Å². The van der Waals surface area contributed by atoms with Gasteiger partial charge in [0, 0.05) is 40.7 Å². The molecular weight excluding hydrogens is 550 g/mol. The van der Waals surface area contributed by atoms with Crippen LogP contribution in [0.2, 0.25) is 0 Å². The number of unbranched alkanes of at least 4 members (excludes halogenated alkanes) is 1. The lowest BCUT2D eigenvalue weighted by Crippen LogP contribution is -2.54. The quantitative estimate of drug-likeness (QED) is 0.212. The van der Waals surface area contributed by atoms with Crippen molar-refractivity contribution < 1.29 is 33.8 Å². The molecule has 0 heterocycles. The standard InChI is InChI=1S/C33H55N3O7/c1-10-12-18-36(29(38)21-27(42-8)30(23(5)11-2)35(7)28(37)19-22(3)4)32(43-9)24(6)31(39)34-26(33(40)41)20-25-16-14-13-15-17-25/h13-17,22-24,26-27,30,32H,10-12,18-21H2,1-9H3,(H,34,39)(H,40,41). The number of carbonyl (C=O) groups excluding carboxylic acids is 3. The van der Waals surface area contributed by atoms with E-state index >= 15 is 0 Å². The number of carbonyl (C=O) groups is 4. The van der Waals surface area contributed by atoms with E-state index in [1.54, 1.807) is 43.0 Å². The minimum absolute atomic E-state index is 0.00110. The first-order valence-corrected chi connectivity index (χ1v) is 15.5. The topological polar surface area (TPSA) is 125 Å². The highest BCUT2D eigenvalue weighted by Crippen LogP contribution is 2.25. The lowest BCUT2D eigenvalue weighted by Gasteiger charge is -2.40. The SMILES string of the molecule is CCCCN(C(=O)CC(OC)C(C(C)CC)N(C)C(=O)CC(C)C)C(OC)C(C)C(=O)NC(Cc1ccccc1)C(=O)O. The molecule has 1 aromatic carbocycles. The van der Waals surface area contributed by atoms with E-state index in [1.807, 2.05) is 52.8 Å². The van der Waals surface area contributed by atoms with Crippen LogP contribution in [0.4, 0.5) is 0 Å². The van der Waals surface area contributed by atoms with Crippen molar-refractivity contribution in [3.63, 3.8) is 0 Å². The Morgan fingerprint density at radius 2 is 1.56 bits per heavy atom. The molecule has 0 bridgehead atoms. The number of methoxy groups -OCH3 is 2. The van der Waals surface area contributed by atoms with Gasteiger partial charge in [0.25, 0.3) is 0 Å². The van der Waals surface area contributed by atoms with Gasteiger partial charge in [-0.25, -0.2) is 4.79 Å². The second-order valence-corrected chi connectivity index (χ2v) is 11.9. The third-order valence-corrected chi connectivity index (χ3v) is 8.07. The van der Waals surface area contributed by atoms with Crippen molar-refractivity contribution in [3.05, 3.63) is 35.9 Å². The van der Waals surface area contributed by atoms with Crippen molar-refractivity contribution in [2.75, 3.05) is 27.8 Å². The molecule has 1 aromatic rings. The molecule has 0 spiro atoms. The summed E-state index contributed by atoms with van der Waals surface area (Å²) in [6, 6.07) is 7.62. The molecule has 6 atom stereocenters. The van der Waals surface area contributed by atoms with Gasteiger partial charge in [-0.05, 0) is 30.7 Å². The average molecular weight is 606 g/mol. The van der Waals surface area contributed by atoms with E-state index in [-0.39, 0.29) is 42.5 Å². The first-order chi connectivity index (χ1) is 20.3. The molecule has 3 amide bonds. The lowest BCUT2D eigenvalue weighted by molar-refractivity contribution is -0.159. The van der Waals surface area contributed by atoms with Crippen LogP contribution >= 0.6 is 0 Å². The summed E-state index contributed by atoms with van der Waals surface area (Å²) in [7, 11) is 4.76.